The molecule has 22 heavy (non-hydrogen) atoms. The van der Waals surface area contributed by atoms with Gasteiger partial charge < -0.3 is 14.7 Å². The Morgan fingerprint density at radius 2 is 1.82 bits per heavy atom. The molecule has 0 aliphatic heterocycles. The van der Waals surface area contributed by atoms with Crippen LogP contribution in [0.1, 0.15) is 32.1 Å². The molecular formula is C18H25NO3. The molecule has 0 spiro atoms. The number of amides is 1. The molecule has 0 saturated heterocycles. The molecule has 0 aromatic heterocycles. The minimum atomic E-state index is -0.115. The Morgan fingerprint density at radius 3 is 2.45 bits per heavy atom. The maximum atomic E-state index is 12.3. The van der Waals surface area contributed by atoms with Crippen molar-refractivity contribution in [2.75, 3.05) is 13.7 Å². The fraction of sp³-hybridized carbons (Fsp3) is 0.611. The monoisotopic (exact) mass is 303 g/mol. The van der Waals surface area contributed by atoms with Gasteiger partial charge in [-0.15, -0.1) is 0 Å². The van der Waals surface area contributed by atoms with Gasteiger partial charge in [0.1, 0.15) is 5.75 Å². The van der Waals surface area contributed by atoms with Gasteiger partial charge in [0.25, 0.3) is 0 Å². The van der Waals surface area contributed by atoms with Crippen LogP contribution in [0, 0.1) is 11.8 Å². The number of para-hydroxylation sites is 1. The number of hydrogen-bond donors (Lipinski definition) is 1. The lowest BCUT2D eigenvalue weighted by Gasteiger charge is -2.25. The molecule has 1 N–H and O–H groups in total. The lowest BCUT2D eigenvalue weighted by Crippen LogP contribution is -2.36. The predicted octanol–water partition coefficient (Wildman–Crippen LogP) is 2.46. The molecule has 4 atom stereocenters. The normalized spacial score (nSPS) is 30.1. The molecule has 0 heterocycles. The van der Waals surface area contributed by atoms with Gasteiger partial charge in [-0.3, -0.25) is 4.79 Å². The van der Waals surface area contributed by atoms with Crippen molar-refractivity contribution in [3.05, 3.63) is 30.3 Å². The van der Waals surface area contributed by atoms with Crippen molar-refractivity contribution in [2.24, 2.45) is 11.8 Å². The zero-order valence-electron chi connectivity index (χ0n) is 13.1. The molecule has 2 aliphatic rings. The molecule has 2 aliphatic carbocycles. The van der Waals surface area contributed by atoms with E-state index in [9.17, 15) is 9.90 Å². The summed E-state index contributed by atoms with van der Waals surface area (Å²) in [5, 5.41) is 9.70. The Bertz CT molecular complexity index is 490. The van der Waals surface area contributed by atoms with E-state index in [2.05, 4.69) is 0 Å². The first-order valence-corrected chi connectivity index (χ1v) is 8.25. The van der Waals surface area contributed by atoms with Gasteiger partial charge >= 0.3 is 0 Å². The van der Waals surface area contributed by atoms with Gasteiger partial charge in [0.05, 0.1) is 19.1 Å². The second-order valence-electron chi connectivity index (χ2n) is 6.69. The summed E-state index contributed by atoms with van der Waals surface area (Å²) in [5.41, 5.74) is 0. The molecule has 0 bridgehead atoms. The summed E-state index contributed by atoms with van der Waals surface area (Å²) in [6, 6.07) is 9.94. The minimum Gasteiger partial charge on any atom is -0.493 e. The summed E-state index contributed by atoms with van der Waals surface area (Å²) in [5.74, 6) is 2.18. The van der Waals surface area contributed by atoms with Crippen LogP contribution in [0.4, 0.5) is 0 Å². The molecule has 4 heteroatoms. The molecule has 1 aromatic rings. The number of aliphatic hydroxyl groups is 1. The summed E-state index contributed by atoms with van der Waals surface area (Å²) in [7, 11) is 1.91. The van der Waals surface area contributed by atoms with Crippen LogP contribution in [-0.4, -0.2) is 41.7 Å². The predicted molar refractivity (Wildman–Crippen MR) is 84.6 cm³/mol. The van der Waals surface area contributed by atoms with E-state index in [1.54, 1.807) is 0 Å². The molecule has 2 saturated carbocycles. The molecule has 1 aromatic carbocycles. The number of ether oxygens (including phenoxy) is 1. The first-order chi connectivity index (χ1) is 10.6. The van der Waals surface area contributed by atoms with Crippen LogP contribution in [-0.2, 0) is 4.79 Å². The Balaban J connectivity index is 1.43. The van der Waals surface area contributed by atoms with Crippen molar-refractivity contribution in [1.82, 2.24) is 4.90 Å². The van der Waals surface area contributed by atoms with E-state index < -0.39 is 0 Å². The van der Waals surface area contributed by atoms with Crippen LogP contribution in [0.2, 0.25) is 0 Å². The van der Waals surface area contributed by atoms with E-state index in [0.717, 1.165) is 31.4 Å². The van der Waals surface area contributed by atoms with Crippen LogP contribution in [0.15, 0.2) is 30.3 Å². The molecule has 3 rings (SSSR count). The van der Waals surface area contributed by atoms with E-state index in [-0.39, 0.29) is 12.0 Å². The topological polar surface area (TPSA) is 49.8 Å². The number of carbonyl (C=O) groups is 1. The van der Waals surface area contributed by atoms with E-state index >= 15 is 0 Å². The molecule has 1 amide bonds. The number of aliphatic hydroxyl groups excluding tert-OH is 1. The Kier molecular flexibility index (Phi) is 4.67. The number of benzene rings is 1. The fourth-order valence-electron chi connectivity index (χ4n) is 4.02. The average Bonchev–Trinajstić information content (AvgIpc) is 3.04. The standard InChI is InChI=1S/C18H25NO3/c1-19(15-9-13-11-16(20)12-14(13)10-15)18(21)7-8-22-17-5-3-2-4-6-17/h2-6,13-16,20H,7-12H2,1H3/t13-,14+,15?,16?. The highest BCUT2D eigenvalue weighted by atomic mass is 16.5. The summed E-state index contributed by atoms with van der Waals surface area (Å²) < 4.78 is 5.60. The van der Waals surface area contributed by atoms with Crippen molar-refractivity contribution in [2.45, 2.75) is 44.2 Å². The van der Waals surface area contributed by atoms with Crippen LogP contribution in [0.25, 0.3) is 0 Å². The number of rotatable bonds is 5. The molecule has 2 unspecified atom stereocenters. The first-order valence-electron chi connectivity index (χ1n) is 8.25. The Hall–Kier alpha value is -1.55. The second-order valence-corrected chi connectivity index (χ2v) is 6.69. The maximum Gasteiger partial charge on any atom is 0.225 e. The van der Waals surface area contributed by atoms with E-state index in [0.29, 0.717) is 30.9 Å². The van der Waals surface area contributed by atoms with Gasteiger partial charge in [-0.25, -0.2) is 0 Å². The van der Waals surface area contributed by atoms with Crippen LogP contribution in [0.5, 0.6) is 5.75 Å². The van der Waals surface area contributed by atoms with Gasteiger partial charge in [0.15, 0.2) is 0 Å². The summed E-state index contributed by atoms with van der Waals surface area (Å²) in [6.07, 6.45) is 4.23. The maximum absolute atomic E-state index is 12.3. The fourth-order valence-corrected chi connectivity index (χ4v) is 4.02. The van der Waals surface area contributed by atoms with Crippen molar-refractivity contribution >= 4 is 5.91 Å². The van der Waals surface area contributed by atoms with Crippen LogP contribution in [0.3, 0.4) is 0 Å². The lowest BCUT2D eigenvalue weighted by molar-refractivity contribution is -0.132. The van der Waals surface area contributed by atoms with Gasteiger partial charge in [-0.05, 0) is 49.7 Å². The van der Waals surface area contributed by atoms with E-state index in [1.807, 2.05) is 42.3 Å². The van der Waals surface area contributed by atoms with Crippen molar-refractivity contribution in [1.29, 1.82) is 0 Å². The number of hydrogen-bond acceptors (Lipinski definition) is 3. The number of nitrogens with zero attached hydrogens (tertiary/aromatic N) is 1. The number of fused-ring (bicyclic) bond motifs is 1. The number of carbonyl (C=O) groups excluding carboxylic acids is 1. The van der Waals surface area contributed by atoms with Gasteiger partial charge in [0, 0.05) is 13.1 Å². The lowest BCUT2D eigenvalue weighted by atomic mass is 10.0. The molecule has 2 fully saturated rings. The summed E-state index contributed by atoms with van der Waals surface area (Å²) >= 11 is 0. The summed E-state index contributed by atoms with van der Waals surface area (Å²) in [6.45, 7) is 0.422. The first kappa shape index (κ1) is 15.3. The van der Waals surface area contributed by atoms with Crippen molar-refractivity contribution in [3.63, 3.8) is 0 Å². The zero-order valence-corrected chi connectivity index (χ0v) is 13.1. The van der Waals surface area contributed by atoms with Crippen LogP contribution >= 0.6 is 0 Å². The van der Waals surface area contributed by atoms with Crippen molar-refractivity contribution < 1.29 is 14.6 Å². The smallest absolute Gasteiger partial charge is 0.225 e. The molecule has 4 nitrogen and oxygen atoms in total. The van der Waals surface area contributed by atoms with Crippen molar-refractivity contribution in [3.8, 4) is 5.75 Å². The van der Waals surface area contributed by atoms with E-state index in [1.165, 1.54) is 0 Å². The molecule has 0 radical (unpaired) electrons. The minimum absolute atomic E-state index is 0.115. The Morgan fingerprint density at radius 1 is 1.18 bits per heavy atom. The second kappa shape index (κ2) is 6.69. The highest BCUT2D eigenvalue weighted by molar-refractivity contribution is 5.76. The Labute approximate surface area is 132 Å². The van der Waals surface area contributed by atoms with Crippen LogP contribution < -0.4 is 4.74 Å². The molecular weight excluding hydrogens is 278 g/mol. The zero-order chi connectivity index (χ0) is 15.5. The van der Waals surface area contributed by atoms with Gasteiger partial charge in [-0.2, -0.15) is 0 Å². The highest BCUT2D eigenvalue weighted by Crippen LogP contribution is 2.45. The summed E-state index contributed by atoms with van der Waals surface area (Å²) in [4.78, 5) is 14.2. The quantitative estimate of drug-likeness (QED) is 0.909. The van der Waals surface area contributed by atoms with E-state index in [4.69, 9.17) is 4.74 Å². The van der Waals surface area contributed by atoms with Gasteiger partial charge in [-0.1, -0.05) is 18.2 Å². The SMILES string of the molecule is CN(C(=O)CCOc1ccccc1)C1C[C@H]2CC(O)C[C@H]2C1. The molecule has 120 valence electrons. The van der Waals surface area contributed by atoms with Gasteiger partial charge in [0.2, 0.25) is 5.91 Å². The average molecular weight is 303 g/mol. The largest absolute Gasteiger partial charge is 0.493 e. The third-order valence-corrected chi connectivity index (χ3v) is 5.23. The highest BCUT2D eigenvalue weighted by Gasteiger charge is 2.42. The third kappa shape index (κ3) is 3.43. The third-order valence-electron chi connectivity index (χ3n) is 5.23.